The molecule has 16 heavy (non-hydrogen) atoms. The lowest BCUT2D eigenvalue weighted by atomic mass is 10.1. The molecule has 1 aromatic carbocycles. The second-order valence-electron chi connectivity index (χ2n) is 4.15. The number of likely N-dealkylation sites (tertiary alicyclic amines) is 1. The van der Waals surface area contributed by atoms with Crippen molar-refractivity contribution in [2.45, 2.75) is 25.8 Å². The molecule has 86 valence electrons. The van der Waals surface area contributed by atoms with Gasteiger partial charge >= 0.3 is 0 Å². The molecule has 1 unspecified atom stereocenters. The number of rotatable bonds is 1. The van der Waals surface area contributed by atoms with E-state index in [0.717, 1.165) is 23.9 Å². The van der Waals surface area contributed by atoms with Crippen LogP contribution < -0.4 is 0 Å². The molecule has 4 heteroatoms. The molecule has 0 bridgehead atoms. The maximum absolute atomic E-state index is 12.1. The summed E-state index contributed by atoms with van der Waals surface area (Å²) < 4.78 is 0.774. The van der Waals surface area contributed by atoms with Gasteiger partial charge in [0.25, 0.3) is 5.91 Å². The zero-order valence-corrected chi connectivity index (χ0v) is 10.7. The van der Waals surface area contributed by atoms with Crippen LogP contribution in [0.25, 0.3) is 0 Å². The molecular weight excluding hydrogens is 270 g/mol. The largest absolute Gasteiger partial charge is 0.507 e. The van der Waals surface area contributed by atoms with Crippen molar-refractivity contribution in [2.24, 2.45) is 0 Å². The fraction of sp³-hybridized carbons (Fsp3) is 0.417. The smallest absolute Gasteiger partial charge is 0.257 e. The standard InChI is InChI=1S/C12H14BrNO2/c1-8-3-2-6-14(8)12(16)10-5-4-9(13)7-11(10)15/h4-5,7-8,15H,2-3,6H2,1H3. The number of hydrogen-bond donors (Lipinski definition) is 1. The van der Waals surface area contributed by atoms with E-state index in [9.17, 15) is 9.90 Å². The highest BCUT2D eigenvalue weighted by Crippen LogP contribution is 2.26. The van der Waals surface area contributed by atoms with E-state index in [1.165, 1.54) is 0 Å². The number of phenols is 1. The van der Waals surface area contributed by atoms with Gasteiger partial charge in [-0.15, -0.1) is 0 Å². The minimum absolute atomic E-state index is 0.0403. The molecule has 0 aliphatic carbocycles. The molecule has 1 saturated heterocycles. The monoisotopic (exact) mass is 283 g/mol. The Morgan fingerprint density at radius 3 is 2.88 bits per heavy atom. The fourth-order valence-electron chi connectivity index (χ4n) is 2.08. The number of amides is 1. The van der Waals surface area contributed by atoms with Gasteiger partial charge in [-0.05, 0) is 38.0 Å². The minimum atomic E-state index is -0.0741. The normalized spacial score (nSPS) is 20.1. The molecule has 1 fully saturated rings. The van der Waals surface area contributed by atoms with Crippen molar-refractivity contribution in [3.8, 4) is 5.75 Å². The van der Waals surface area contributed by atoms with E-state index >= 15 is 0 Å². The van der Waals surface area contributed by atoms with E-state index in [2.05, 4.69) is 15.9 Å². The fourth-order valence-corrected chi connectivity index (χ4v) is 2.42. The Morgan fingerprint density at radius 1 is 1.56 bits per heavy atom. The molecule has 1 N–H and O–H groups in total. The van der Waals surface area contributed by atoms with E-state index in [0.29, 0.717) is 5.56 Å². The van der Waals surface area contributed by atoms with Crippen LogP contribution in [0, 0.1) is 0 Å². The van der Waals surface area contributed by atoms with Crippen LogP contribution in [0.1, 0.15) is 30.1 Å². The van der Waals surface area contributed by atoms with Gasteiger partial charge in [-0.3, -0.25) is 4.79 Å². The predicted octanol–water partition coefficient (Wildman–Crippen LogP) is 2.78. The Kier molecular flexibility index (Phi) is 3.19. The zero-order valence-electron chi connectivity index (χ0n) is 9.11. The second-order valence-corrected chi connectivity index (χ2v) is 5.07. The van der Waals surface area contributed by atoms with Crippen molar-refractivity contribution in [2.75, 3.05) is 6.54 Å². The Balaban J connectivity index is 2.27. The van der Waals surface area contributed by atoms with Gasteiger partial charge in [0, 0.05) is 17.1 Å². The minimum Gasteiger partial charge on any atom is -0.507 e. The van der Waals surface area contributed by atoms with E-state index in [-0.39, 0.29) is 17.7 Å². The quantitative estimate of drug-likeness (QED) is 0.861. The summed E-state index contributed by atoms with van der Waals surface area (Å²) in [4.78, 5) is 14.0. The van der Waals surface area contributed by atoms with Crippen molar-refractivity contribution in [1.29, 1.82) is 0 Å². The molecule has 3 nitrogen and oxygen atoms in total. The highest BCUT2D eigenvalue weighted by molar-refractivity contribution is 9.10. The number of phenolic OH excluding ortho intramolecular Hbond substituents is 1. The Bertz CT molecular complexity index is 419. The number of benzene rings is 1. The van der Waals surface area contributed by atoms with E-state index < -0.39 is 0 Å². The van der Waals surface area contributed by atoms with Crippen LogP contribution in [-0.4, -0.2) is 28.5 Å². The zero-order chi connectivity index (χ0) is 11.7. The van der Waals surface area contributed by atoms with Crippen molar-refractivity contribution in [3.63, 3.8) is 0 Å². The molecule has 1 aromatic rings. The highest BCUT2D eigenvalue weighted by atomic mass is 79.9. The Morgan fingerprint density at radius 2 is 2.31 bits per heavy atom. The van der Waals surface area contributed by atoms with Gasteiger partial charge in [0.2, 0.25) is 0 Å². The SMILES string of the molecule is CC1CCCN1C(=O)c1ccc(Br)cc1O. The van der Waals surface area contributed by atoms with Gasteiger partial charge in [0.15, 0.2) is 0 Å². The van der Waals surface area contributed by atoms with Crippen LogP contribution in [0.2, 0.25) is 0 Å². The van der Waals surface area contributed by atoms with Crippen LogP contribution in [-0.2, 0) is 0 Å². The molecule has 0 saturated carbocycles. The first kappa shape index (κ1) is 11.5. The summed E-state index contributed by atoms with van der Waals surface area (Å²) in [6, 6.07) is 5.25. The Hall–Kier alpha value is -1.03. The predicted molar refractivity (Wildman–Crippen MR) is 65.5 cm³/mol. The average molecular weight is 284 g/mol. The van der Waals surface area contributed by atoms with Crippen molar-refractivity contribution >= 4 is 21.8 Å². The molecular formula is C12H14BrNO2. The topological polar surface area (TPSA) is 40.5 Å². The van der Waals surface area contributed by atoms with Crippen LogP contribution >= 0.6 is 15.9 Å². The summed E-state index contributed by atoms with van der Waals surface area (Å²) in [6.07, 6.45) is 2.09. The first-order chi connectivity index (χ1) is 7.59. The van der Waals surface area contributed by atoms with Crippen LogP contribution in [0.15, 0.2) is 22.7 Å². The Labute approximate surface area is 103 Å². The number of carbonyl (C=O) groups is 1. The van der Waals surface area contributed by atoms with Gasteiger partial charge in [-0.2, -0.15) is 0 Å². The summed E-state index contributed by atoms with van der Waals surface area (Å²) in [5.41, 5.74) is 0.386. The van der Waals surface area contributed by atoms with Crippen molar-refractivity contribution < 1.29 is 9.90 Å². The van der Waals surface area contributed by atoms with Crippen molar-refractivity contribution in [3.05, 3.63) is 28.2 Å². The third-order valence-corrected chi connectivity index (χ3v) is 3.50. The molecule has 2 rings (SSSR count). The lowest BCUT2D eigenvalue weighted by Crippen LogP contribution is -2.33. The first-order valence-electron chi connectivity index (χ1n) is 5.39. The van der Waals surface area contributed by atoms with Gasteiger partial charge < -0.3 is 10.0 Å². The third kappa shape index (κ3) is 2.07. The van der Waals surface area contributed by atoms with Gasteiger partial charge in [-0.1, -0.05) is 15.9 Å². The van der Waals surface area contributed by atoms with E-state index in [1.54, 1.807) is 18.2 Å². The number of aromatic hydroxyl groups is 1. The molecule has 0 radical (unpaired) electrons. The molecule has 1 atom stereocenters. The van der Waals surface area contributed by atoms with Gasteiger partial charge in [0.1, 0.15) is 5.75 Å². The van der Waals surface area contributed by atoms with Crippen LogP contribution in [0.4, 0.5) is 0 Å². The summed E-state index contributed by atoms with van der Waals surface area (Å²) in [5.74, 6) is -0.0338. The summed E-state index contributed by atoms with van der Waals surface area (Å²) in [5, 5.41) is 9.73. The maximum atomic E-state index is 12.1. The molecule has 0 spiro atoms. The van der Waals surface area contributed by atoms with Gasteiger partial charge in [0.05, 0.1) is 5.56 Å². The van der Waals surface area contributed by atoms with E-state index in [1.807, 2.05) is 11.8 Å². The second kappa shape index (κ2) is 4.45. The third-order valence-electron chi connectivity index (χ3n) is 3.00. The molecule has 1 aliphatic heterocycles. The lowest BCUT2D eigenvalue weighted by Gasteiger charge is -2.21. The van der Waals surface area contributed by atoms with Gasteiger partial charge in [-0.25, -0.2) is 0 Å². The highest BCUT2D eigenvalue weighted by Gasteiger charge is 2.27. The van der Waals surface area contributed by atoms with E-state index in [4.69, 9.17) is 0 Å². The van der Waals surface area contributed by atoms with Crippen LogP contribution in [0.5, 0.6) is 5.75 Å². The molecule has 1 amide bonds. The number of hydrogen-bond acceptors (Lipinski definition) is 2. The summed E-state index contributed by atoms with van der Waals surface area (Å²) in [7, 11) is 0. The number of halogens is 1. The average Bonchev–Trinajstić information content (AvgIpc) is 2.63. The maximum Gasteiger partial charge on any atom is 0.257 e. The van der Waals surface area contributed by atoms with Crippen molar-refractivity contribution in [1.82, 2.24) is 4.90 Å². The molecule has 0 aromatic heterocycles. The summed E-state index contributed by atoms with van der Waals surface area (Å²) in [6.45, 7) is 2.83. The summed E-state index contributed by atoms with van der Waals surface area (Å²) >= 11 is 3.26. The first-order valence-corrected chi connectivity index (χ1v) is 6.18. The number of nitrogens with zero attached hydrogens (tertiary/aromatic N) is 1. The molecule has 1 heterocycles. The number of carbonyl (C=O) groups excluding carboxylic acids is 1. The lowest BCUT2D eigenvalue weighted by molar-refractivity contribution is 0.0744. The van der Waals surface area contributed by atoms with Crippen LogP contribution in [0.3, 0.4) is 0 Å². The molecule has 1 aliphatic rings.